The van der Waals surface area contributed by atoms with E-state index in [-0.39, 0.29) is 17.3 Å². The summed E-state index contributed by atoms with van der Waals surface area (Å²) in [7, 11) is -3.55. The second kappa shape index (κ2) is 7.56. The number of nitrogens with one attached hydrogen (secondary N) is 1. The van der Waals surface area contributed by atoms with E-state index in [0.717, 1.165) is 4.47 Å². The van der Waals surface area contributed by atoms with E-state index in [2.05, 4.69) is 27.2 Å². The molecule has 0 spiro atoms. The van der Waals surface area contributed by atoms with Crippen LogP contribution in [0.2, 0.25) is 0 Å². The van der Waals surface area contributed by atoms with Gasteiger partial charge in [-0.1, -0.05) is 22.0 Å². The van der Waals surface area contributed by atoms with Crippen LogP contribution in [0.1, 0.15) is 6.92 Å². The Morgan fingerprint density at radius 2 is 2.00 bits per heavy atom. The van der Waals surface area contributed by atoms with Crippen LogP contribution in [0, 0.1) is 0 Å². The lowest BCUT2D eigenvalue weighted by molar-refractivity contribution is -0.128. The average Bonchev–Trinajstić information content (AvgIpc) is 2.38. The molecule has 0 aliphatic rings. The van der Waals surface area contributed by atoms with Gasteiger partial charge in [0.2, 0.25) is 15.9 Å². The standard InChI is InChI=1S/C13H17BrN2O3S/c1-3-9-16(11(2)17)10-8-15-20(18,19)13-6-4-12(14)5-7-13/h3-7,15H,1,8-10H2,2H3. The van der Waals surface area contributed by atoms with Crippen LogP contribution < -0.4 is 4.72 Å². The Morgan fingerprint density at radius 3 is 2.50 bits per heavy atom. The largest absolute Gasteiger partial charge is 0.338 e. The molecule has 0 bridgehead atoms. The molecule has 110 valence electrons. The molecule has 0 aliphatic heterocycles. The number of benzene rings is 1. The van der Waals surface area contributed by atoms with E-state index in [0.29, 0.717) is 13.1 Å². The SMILES string of the molecule is C=CCN(CCNS(=O)(=O)c1ccc(Br)cc1)C(C)=O. The Bertz CT molecular complexity index is 570. The molecule has 0 heterocycles. The first-order valence-corrected chi connectivity index (χ1v) is 8.26. The van der Waals surface area contributed by atoms with Crippen molar-refractivity contribution in [3.63, 3.8) is 0 Å². The molecular formula is C13H17BrN2O3S. The zero-order valence-electron chi connectivity index (χ0n) is 11.2. The zero-order chi connectivity index (χ0) is 15.2. The summed E-state index contributed by atoms with van der Waals surface area (Å²) < 4.78 is 27.3. The maximum atomic E-state index is 12.0. The number of hydrogen-bond donors (Lipinski definition) is 1. The molecule has 0 atom stereocenters. The lowest BCUT2D eigenvalue weighted by atomic mass is 10.4. The van der Waals surface area contributed by atoms with Crippen LogP contribution >= 0.6 is 15.9 Å². The van der Waals surface area contributed by atoms with Crippen LogP contribution in [0.15, 0.2) is 46.3 Å². The average molecular weight is 361 g/mol. The number of carbonyl (C=O) groups is 1. The summed E-state index contributed by atoms with van der Waals surface area (Å²) in [6.45, 7) is 5.86. The van der Waals surface area contributed by atoms with Crippen molar-refractivity contribution < 1.29 is 13.2 Å². The second-order valence-corrected chi connectivity index (χ2v) is 6.79. The van der Waals surface area contributed by atoms with Crippen LogP contribution in [-0.2, 0) is 14.8 Å². The van der Waals surface area contributed by atoms with Crippen molar-refractivity contribution in [3.05, 3.63) is 41.4 Å². The van der Waals surface area contributed by atoms with E-state index in [1.54, 1.807) is 18.2 Å². The van der Waals surface area contributed by atoms with Crippen molar-refractivity contribution in [1.82, 2.24) is 9.62 Å². The first-order chi connectivity index (χ1) is 9.36. The first kappa shape index (κ1) is 16.9. The lowest BCUT2D eigenvalue weighted by Gasteiger charge is -2.19. The molecule has 0 saturated heterocycles. The smallest absolute Gasteiger partial charge is 0.240 e. The maximum Gasteiger partial charge on any atom is 0.240 e. The summed E-state index contributed by atoms with van der Waals surface area (Å²) in [4.78, 5) is 13.0. The summed E-state index contributed by atoms with van der Waals surface area (Å²) in [5.41, 5.74) is 0. The predicted molar refractivity (Wildman–Crippen MR) is 81.8 cm³/mol. The Morgan fingerprint density at radius 1 is 1.40 bits per heavy atom. The maximum absolute atomic E-state index is 12.0. The van der Waals surface area contributed by atoms with E-state index in [1.807, 2.05) is 0 Å². The van der Waals surface area contributed by atoms with Gasteiger partial charge >= 0.3 is 0 Å². The molecule has 1 aromatic rings. The molecule has 0 unspecified atom stereocenters. The Kier molecular flexibility index (Phi) is 6.38. The van der Waals surface area contributed by atoms with Crippen molar-refractivity contribution in [2.24, 2.45) is 0 Å². The molecule has 0 fully saturated rings. The van der Waals surface area contributed by atoms with E-state index in [1.165, 1.54) is 24.0 Å². The quantitative estimate of drug-likeness (QED) is 0.753. The van der Waals surface area contributed by atoms with Crippen molar-refractivity contribution in [3.8, 4) is 0 Å². The third-order valence-electron chi connectivity index (χ3n) is 2.59. The third-order valence-corrected chi connectivity index (χ3v) is 4.60. The fraction of sp³-hybridized carbons (Fsp3) is 0.308. The number of hydrogen-bond acceptors (Lipinski definition) is 3. The predicted octanol–water partition coefficient (Wildman–Crippen LogP) is 1.76. The minimum absolute atomic E-state index is 0.118. The highest BCUT2D eigenvalue weighted by molar-refractivity contribution is 9.10. The minimum atomic E-state index is -3.55. The first-order valence-electron chi connectivity index (χ1n) is 5.98. The van der Waals surface area contributed by atoms with E-state index < -0.39 is 10.0 Å². The number of carbonyl (C=O) groups excluding carboxylic acids is 1. The summed E-state index contributed by atoms with van der Waals surface area (Å²) in [6.07, 6.45) is 1.60. The summed E-state index contributed by atoms with van der Waals surface area (Å²) in [5.74, 6) is -0.118. The van der Waals surface area contributed by atoms with Crippen molar-refractivity contribution >= 4 is 31.9 Å². The highest BCUT2D eigenvalue weighted by atomic mass is 79.9. The summed E-state index contributed by atoms with van der Waals surface area (Å²) in [5, 5.41) is 0. The van der Waals surface area contributed by atoms with Crippen molar-refractivity contribution in [2.75, 3.05) is 19.6 Å². The number of halogens is 1. The number of rotatable bonds is 7. The van der Waals surface area contributed by atoms with Crippen LogP contribution in [0.25, 0.3) is 0 Å². The van der Waals surface area contributed by atoms with E-state index >= 15 is 0 Å². The van der Waals surface area contributed by atoms with Crippen LogP contribution in [-0.4, -0.2) is 38.9 Å². The van der Waals surface area contributed by atoms with Gasteiger partial charge in [0.15, 0.2) is 0 Å². The second-order valence-electron chi connectivity index (χ2n) is 4.11. The molecule has 5 nitrogen and oxygen atoms in total. The van der Waals surface area contributed by atoms with Crippen LogP contribution in [0.3, 0.4) is 0 Å². The molecule has 20 heavy (non-hydrogen) atoms. The summed E-state index contributed by atoms with van der Waals surface area (Å²) >= 11 is 3.25. The van der Waals surface area contributed by atoms with E-state index in [4.69, 9.17) is 0 Å². The van der Waals surface area contributed by atoms with Gasteiger partial charge in [0.25, 0.3) is 0 Å². The Balaban J connectivity index is 2.61. The molecule has 1 amide bonds. The fourth-order valence-electron chi connectivity index (χ4n) is 1.55. The van der Waals surface area contributed by atoms with Gasteiger partial charge in [0.05, 0.1) is 4.90 Å². The monoisotopic (exact) mass is 360 g/mol. The molecule has 1 aromatic carbocycles. The van der Waals surface area contributed by atoms with Crippen LogP contribution in [0.4, 0.5) is 0 Å². The molecule has 0 aromatic heterocycles. The van der Waals surface area contributed by atoms with Crippen molar-refractivity contribution in [2.45, 2.75) is 11.8 Å². The normalized spacial score (nSPS) is 11.1. The number of amides is 1. The lowest BCUT2D eigenvalue weighted by Crippen LogP contribution is -2.37. The zero-order valence-corrected chi connectivity index (χ0v) is 13.6. The van der Waals surface area contributed by atoms with Gasteiger partial charge in [-0.3, -0.25) is 4.79 Å². The highest BCUT2D eigenvalue weighted by Gasteiger charge is 2.14. The van der Waals surface area contributed by atoms with Crippen molar-refractivity contribution in [1.29, 1.82) is 0 Å². The molecule has 0 radical (unpaired) electrons. The van der Waals surface area contributed by atoms with Crippen LogP contribution in [0.5, 0.6) is 0 Å². The van der Waals surface area contributed by atoms with Gasteiger partial charge in [-0.05, 0) is 24.3 Å². The van der Waals surface area contributed by atoms with Gasteiger partial charge in [-0.2, -0.15) is 0 Å². The minimum Gasteiger partial charge on any atom is -0.338 e. The molecular weight excluding hydrogens is 344 g/mol. The van der Waals surface area contributed by atoms with Gasteiger partial charge in [0, 0.05) is 31.0 Å². The molecule has 0 saturated carbocycles. The fourth-order valence-corrected chi connectivity index (χ4v) is 2.83. The number of sulfonamides is 1. The molecule has 7 heteroatoms. The Hall–Kier alpha value is -1.18. The van der Waals surface area contributed by atoms with Gasteiger partial charge in [0.1, 0.15) is 0 Å². The van der Waals surface area contributed by atoms with Gasteiger partial charge in [-0.15, -0.1) is 6.58 Å². The number of nitrogens with zero attached hydrogens (tertiary/aromatic N) is 1. The topological polar surface area (TPSA) is 66.5 Å². The molecule has 1 rings (SSSR count). The Labute approximate surface area is 127 Å². The highest BCUT2D eigenvalue weighted by Crippen LogP contribution is 2.14. The summed E-state index contributed by atoms with van der Waals surface area (Å²) in [6, 6.07) is 6.35. The molecule has 0 aliphatic carbocycles. The molecule has 1 N–H and O–H groups in total. The van der Waals surface area contributed by atoms with Gasteiger partial charge in [-0.25, -0.2) is 13.1 Å². The third kappa shape index (κ3) is 5.07. The van der Waals surface area contributed by atoms with Gasteiger partial charge < -0.3 is 4.90 Å². The van der Waals surface area contributed by atoms with E-state index in [9.17, 15) is 13.2 Å².